The molecule has 0 aliphatic rings. The molecule has 0 rings (SSSR count). The van der Waals surface area contributed by atoms with E-state index in [0.29, 0.717) is 25.6 Å². The van der Waals surface area contributed by atoms with Crippen molar-refractivity contribution < 1.29 is 19.4 Å². The molecule has 0 aromatic carbocycles. The Morgan fingerprint density at radius 2 is 2.00 bits per heavy atom. The molecular formula is C13H26N2O4. The molecule has 0 bridgehead atoms. The molecule has 112 valence electrons. The number of carbonyl (C=O) groups excluding carboxylic acids is 1. The predicted octanol–water partition coefficient (Wildman–Crippen LogP) is 0.476. The van der Waals surface area contributed by atoms with Crippen molar-refractivity contribution in [1.29, 1.82) is 0 Å². The van der Waals surface area contributed by atoms with Gasteiger partial charge in [-0.3, -0.25) is 9.59 Å². The lowest BCUT2D eigenvalue weighted by Crippen LogP contribution is -2.38. The van der Waals surface area contributed by atoms with E-state index in [-0.39, 0.29) is 24.8 Å². The van der Waals surface area contributed by atoms with Crippen molar-refractivity contribution in [1.82, 2.24) is 10.6 Å². The molecule has 1 atom stereocenters. The highest BCUT2D eigenvalue weighted by atomic mass is 16.5. The van der Waals surface area contributed by atoms with Crippen LogP contribution in [0.25, 0.3) is 0 Å². The van der Waals surface area contributed by atoms with Crippen molar-refractivity contribution in [2.75, 3.05) is 33.4 Å². The largest absolute Gasteiger partial charge is 0.481 e. The third-order valence-electron chi connectivity index (χ3n) is 2.62. The van der Waals surface area contributed by atoms with Crippen molar-refractivity contribution in [3.63, 3.8) is 0 Å². The average molecular weight is 274 g/mol. The predicted molar refractivity (Wildman–Crippen MR) is 73.0 cm³/mol. The van der Waals surface area contributed by atoms with Crippen molar-refractivity contribution in [3.05, 3.63) is 0 Å². The number of methoxy groups -OCH3 is 1. The molecule has 0 heterocycles. The molecule has 0 aliphatic heterocycles. The Hall–Kier alpha value is -1.14. The Bertz CT molecular complexity index is 269. The summed E-state index contributed by atoms with van der Waals surface area (Å²) in [5.74, 6) is -0.533. The van der Waals surface area contributed by atoms with E-state index in [1.54, 1.807) is 7.11 Å². The molecule has 1 amide bonds. The van der Waals surface area contributed by atoms with E-state index < -0.39 is 5.97 Å². The first-order valence-corrected chi connectivity index (χ1v) is 6.63. The molecule has 0 spiro atoms. The van der Waals surface area contributed by atoms with Gasteiger partial charge in [-0.1, -0.05) is 13.8 Å². The van der Waals surface area contributed by atoms with Gasteiger partial charge in [0.15, 0.2) is 0 Å². The van der Waals surface area contributed by atoms with E-state index in [2.05, 4.69) is 10.6 Å². The second kappa shape index (κ2) is 10.8. The van der Waals surface area contributed by atoms with Gasteiger partial charge in [0.2, 0.25) is 5.91 Å². The molecule has 0 aliphatic carbocycles. The smallest absolute Gasteiger partial charge is 0.303 e. The first-order chi connectivity index (χ1) is 8.95. The molecule has 0 saturated heterocycles. The van der Waals surface area contributed by atoms with Crippen LogP contribution in [0.1, 0.15) is 26.7 Å². The number of carboxylic acids is 1. The van der Waals surface area contributed by atoms with Crippen LogP contribution in [0.3, 0.4) is 0 Å². The average Bonchev–Trinajstić information content (AvgIpc) is 2.30. The topological polar surface area (TPSA) is 87.7 Å². The molecule has 0 aromatic heterocycles. The Balaban J connectivity index is 3.88. The minimum Gasteiger partial charge on any atom is -0.481 e. The highest BCUT2D eigenvalue weighted by Gasteiger charge is 2.15. The number of hydrogen-bond donors (Lipinski definition) is 3. The minimum absolute atomic E-state index is 0.0135. The highest BCUT2D eigenvalue weighted by molar-refractivity contribution is 5.78. The van der Waals surface area contributed by atoms with Gasteiger partial charge in [0.1, 0.15) is 0 Å². The number of aliphatic carboxylic acids is 1. The van der Waals surface area contributed by atoms with Gasteiger partial charge >= 0.3 is 5.97 Å². The number of nitrogens with one attached hydrogen (secondary N) is 2. The number of carboxylic acid groups (broad SMARTS) is 1. The van der Waals surface area contributed by atoms with E-state index in [1.165, 1.54) is 0 Å². The third-order valence-corrected chi connectivity index (χ3v) is 2.62. The molecule has 0 saturated carbocycles. The number of carbonyl (C=O) groups is 2. The van der Waals surface area contributed by atoms with Crippen LogP contribution in [0, 0.1) is 11.8 Å². The fraction of sp³-hybridized carbons (Fsp3) is 0.846. The molecule has 0 aromatic rings. The quantitative estimate of drug-likeness (QED) is 0.477. The van der Waals surface area contributed by atoms with E-state index in [4.69, 9.17) is 9.84 Å². The van der Waals surface area contributed by atoms with Gasteiger partial charge in [0, 0.05) is 26.6 Å². The van der Waals surface area contributed by atoms with Crippen molar-refractivity contribution in [3.8, 4) is 0 Å². The SMILES string of the molecule is COCCNCC(=O)NCC(CC(=O)O)CC(C)C. The fourth-order valence-electron chi connectivity index (χ4n) is 1.85. The standard InChI is InChI=1S/C13H26N2O4/c1-10(2)6-11(7-13(17)18)8-15-12(16)9-14-4-5-19-3/h10-11,14H,4-9H2,1-3H3,(H,15,16)(H,17,18). The van der Waals surface area contributed by atoms with Crippen molar-refractivity contribution >= 4 is 11.9 Å². The van der Waals surface area contributed by atoms with E-state index in [9.17, 15) is 9.59 Å². The third kappa shape index (κ3) is 11.7. The summed E-state index contributed by atoms with van der Waals surface area (Å²) in [5, 5.41) is 14.5. The zero-order chi connectivity index (χ0) is 14.7. The van der Waals surface area contributed by atoms with Gasteiger partial charge in [-0.05, 0) is 18.3 Å². The summed E-state index contributed by atoms with van der Waals surface area (Å²) in [6, 6.07) is 0. The number of ether oxygens (including phenoxy) is 1. The molecule has 19 heavy (non-hydrogen) atoms. The van der Waals surface area contributed by atoms with E-state index in [0.717, 1.165) is 6.42 Å². The van der Waals surface area contributed by atoms with Crippen LogP contribution < -0.4 is 10.6 Å². The molecule has 6 heteroatoms. The van der Waals surface area contributed by atoms with Gasteiger partial charge in [-0.2, -0.15) is 0 Å². The van der Waals surface area contributed by atoms with Gasteiger partial charge in [0.25, 0.3) is 0 Å². The van der Waals surface area contributed by atoms with E-state index >= 15 is 0 Å². The van der Waals surface area contributed by atoms with Gasteiger partial charge < -0.3 is 20.5 Å². The van der Waals surface area contributed by atoms with Crippen molar-refractivity contribution in [2.24, 2.45) is 11.8 Å². The monoisotopic (exact) mass is 274 g/mol. The van der Waals surface area contributed by atoms with Crippen LogP contribution in [0.4, 0.5) is 0 Å². The maximum absolute atomic E-state index is 11.5. The second-order valence-electron chi connectivity index (χ2n) is 5.07. The molecule has 0 radical (unpaired) electrons. The Morgan fingerprint density at radius 1 is 1.32 bits per heavy atom. The Kier molecular flexibility index (Phi) is 10.1. The lowest BCUT2D eigenvalue weighted by atomic mass is 9.94. The summed E-state index contributed by atoms with van der Waals surface area (Å²) in [6.07, 6.45) is 0.888. The highest BCUT2D eigenvalue weighted by Crippen LogP contribution is 2.14. The zero-order valence-electron chi connectivity index (χ0n) is 12.1. The first-order valence-electron chi connectivity index (χ1n) is 6.63. The molecule has 0 fully saturated rings. The molecular weight excluding hydrogens is 248 g/mol. The van der Waals surface area contributed by atoms with Crippen LogP contribution in [0.5, 0.6) is 0 Å². The Labute approximate surface area is 114 Å². The number of amides is 1. The first kappa shape index (κ1) is 17.9. The Morgan fingerprint density at radius 3 is 2.53 bits per heavy atom. The second-order valence-corrected chi connectivity index (χ2v) is 5.07. The van der Waals surface area contributed by atoms with Crippen LogP contribution >= 0.6 is 0 Å². The number of hydrogen-bond acceptors (Lipinski definition) is 4. The molecule has 1 unspecified atom stereocenters. The zero-order valence-corrected chi connectivity index (χ0v) is 12.1. The molecule has 3 N–H and O–H groups in total. The maximum atomic E-state index is 11.5. The summed E-state index contributed by atoms with van der Waals surface area (Å²) >= 11 is 0. The van der Waals surface area contributed by atoms with Crippen LogP contribution in [0.15, 0.2) is 0 Å². The van der Waals surface area contributed by atoms with Crippen LogP contribution in [-0.4, -0.2) is 50.3 Å². The maximum Gasteiger partial charge on any atom is 0.303 e. The summed E-state index contributed by atoms with van der Waals surface area (Å²) in [5.41, 5.74) is 0. The fourth-order valence-corrected chi connectivity index (χ4v) is 1.85. The van der Waals surface area contributed by atoms with Crippen LogP contribution in [-0.2, 0) is 14.3 Å². The number of rotatable bonds is 11. The van der Waals surface area contributed by atoms with Gasteiger partial charge in [0.05, 0.1) is 13.2 Å². The summed E-state index contributed by atoms with van der Waals surface area (Å²) in [4.78, 5) is 22.3. The molecule has 6 nitrogen and oxygen atoms in total. The lowest BCUT2D eigenvalue weighted by Gasteiger charge is -2.17. The summed E-state index contributed by atoms with van der Waals surface area (Å²) in [7, 11) is 1.60. The lowest BCUT2D eigenvalue weighted by molar-refractivity contribution is -0.138. The normalized spacial score (nSPS) is 12.4. The van der Waals surface area contributed by atoms with Crippen molar-refractivity contribution in [2.45, 2.75) is 26.7 Å². The minimum atomic E-state index is -0.821. The van der Waals surface area contributed by atoms with Gasteiger partial charge in [-0.15, -0.1) is 0 Å². The van der Waals surface area contributed by atoms with Crippen LogP contribution in [0.2, 0.25) is 0 Å². The summed E-state index contributed by atoms with van der Waals surface area (Å²) < 4.78 is 4.85. The van der Waals surface area contributed by atoms with Gasteiger partial charge in [-0.25, -0.2) is 0 Å². The van der Waals surface area contributed by atoms with E-state index in [1.807, 2.05) is 13.8 Å². The summed E-state index contributed by atoms with van der Waals surface area (Å²) in [6.45, 7) is 5.91.